The van der Waals surface area contributed by atoms with Crippen LogP contribution >= 0.6 is 23.2 Å². The second-order valence-electron chi connectivity index (χ2n) is 4.14. The Hall–Kier alpha value is -2.44. The van der Waals surface area contributed by atoms with Crippen LogP contribution in [0.3, 0.4) is 0 Å². The van der Waals surface area contributed by atoms with E-state index in [1.165, 1.54) is 30.5 Å². The third-order valence-electron chi connectivity index (χ3n) is 2.48. The molecule has 0 aliphatic rings. The minimum atomic E-state index is -1.34. The molecule has 1 heterocycles. The van der Waals surface area contributed by atoms with Gasteiger partial charge in [0.25, 0.3) is 0 Å². The van der Waals surface area contributed by atoms with Crippen LogP contribution in [0.25, 0.3) is 0 Å². The fraction of sp³-hybridized carbons (Fsp3) is 0. The maximum Gasteiger partial charge on any atom is 0.348 e. The van der Waals surface area contributed by atoms with Crippen molar-refractivity contribution in [2.45, 2.75) is 0 Å². The van der Waals surface area contributed by atoms with Crippen LogP contribution < -0.4 is 4.74 Å². The first kappa shape index (κ1) is 16.9. The lowest BCUT2D eigenvalue weighted by molar-refractivity contribution is -0.131. The number of rotatable bonds is 5. The fourth-order valence-electron chi connectivity index (χ4n) is 1.42. The van der Waals surface area contributed by atoms with Crippen LogP contribution in [0.2, 0.25) is 0 Å². The van der Waals surface area contributed by atoms with Crippen molar-refractivity contribution in [2.75, 3.05) is 0 Å². The average Bonchev–Trinajstić information content (AvgIpc) is 2.55. The molecule has 5 nitrogen and oxygen atoms in total. The van der Waals surface area contributed by atoms with E-state index in [-0.39, 0.29) is 10.8 Å². The van der Waals surface area contributed by atoms with E-state index in [2.05, 4.69) is 9.98 Å². The summed E-state index contributed by atoms with van der Waals surface area (Å²) >= 11 is 11.1. The molecule has 0 aliphatic carbocycles. The Balaban J connectivity index is 2.06. The molecule has 0 unspecified atom stereocenters. The number of benzene rings is 1. The van der Waals surface area contributed by atoms with Crippen molar-refractivity contribution in [3.05, 3.63) is 58.5 Å². The summed E-state index contributed by atoms with van der Waals surface area (Å²) in [4.78, 5) is 18.6. The summed E-state index contributed by atoms with van der Waals surface area (Å²) in [7, 11) is 0. The van der Waals surface area contributed by atoms with Crippen molar-refractivity contribution in [3.8, 4) is 11.6 Å². The zero-order chi connectivity index (χ0) is 16.8. The number of halogens is 3. The molecule has 0 saturated heterocycles. The summed E-state index contributed by atoms with van der Waals surface area (Å²) in [5.74, 6) is -0.973. The van der Waals surface area contributed by atoms with E-state index < -0.39 is 11.0 Å². The van der Waals surface area contributed by atoms with E-state index in [9.17, 15) is 9.18 Å². The highest BCUT2D eigenvalue weighted by Gasteiger charge is 2.07. The first-order valence-electron chi connectivity index (χ1n) is 6.18. The van der Waals surface area contributed by atoms with Crippen molar-refractivity contribution in [1.82, 2.24) is 4.98 Å². The van der Waals surface area contributed by atoms with Crippen molar-refractivity contribution in [2.24, 2.45) is 4.99 Å². The topological polar surface area (TPSA) is 71.8 Å². The number of hydrogen-bond donors (Lipinski definition) is 1. The molecular formula is C15H9Cl2FN2O3. The molecule has 0 bridgehead atoms. The smallest absolute Gasteiger partial charge is 0.348 e. The van der Waals surface area contributed by atoms with Gasteiger partial charge in [-0.05, 0) is 30.3 Å². The molecule has 8 heteroatoms. The Labute approximate surface area is 140 Å². The summed E-state index contributed by atoms with van der Waals surface area (Å²) in [5, 5.41) is 7.92. The zero-order valence-electron chi connectivity index (χ0n) is 11.4. The van der Waals surface area contributed by atoms with Crippen LogP contribution in [0.15, 0.2) is 57.7 Å². The van der Waals surface area contributed by atoms with E-state index >= 15 is 0 Å². The number of nitrogens with zero attached hydrogens (tertiary/aromatic N) is 2. The van der Waals surface area contributed by atoms with Crippen LogP contribution in [-0.4, -0.2) is 22.3 Å². The van der Waals surface area contributed by atoms with Gasteiger partial charge in [0.05, 0.1) is 16.9 Å². The van der Waals surface area contributed by atoms with E-state index in [0.717, 1.165) is 6.21 Å². The number of pyridine rings is 1. The number of hydrogen-bond acceptors (Lipinski definition) is 4. The average molecular weight is 355 g/mol. The van der Waals surface area contributed by atoms with Gasteiger partial charge >= 0.3 is 5.97 Å². The highest BCUT2D eigenvalue weighted by atomic mass is 35.5. The Morgan fingerprint density at radius 1 is 1.22 bits per heavy atom. The number of allylic oxidation sites excluding steroid dienone is 1. The lowest BCUT2D eigenvalue weighted by Gasteiger charge is -2.04. The van der Waals surface area contributed by atoms with Gasteiger partial charge < -0.3 is 9.84 Å². The van der Waals surface area contributed by atoms with Crippen LogP contribution in [0.4, 0.5) is 10.1 Å². The Kier molecular flexibility index (Phi) is 5.67. The Morgan fingerprint density at radius 3 is 2.48 bits per heavy atom. The van der Waals surface area contributed by atoms with Gasteiger partial charge in [0.1, 0.15) is 16.6 Å². The van der Waals surface area contributed by atoms with Gasteiger partial charge in [-0.25, -0.2) is 14.2 Å². The molecule has 23 heavy (non-hydrogen) atoms. The number of aromatic nitrogens is 1. The van der Waals surface area contributed by atoms with Crippen LogP contribution in [-0.2, 0) is 4.79 Å². The van der Waals surface area contributed by atoms with Crippen LogP contribution in [0.1, 0.15) is 0 Å². The molecule has 0 aliphatic heterocycles. The van der Waals surface area contributed by atoms with Gasteiger partial charge in [0, 0.05) is 12.3 Å². The van der Waals surface area contributed by atoms with Crippen molar-refractivity contribution in [3.63, 3.8) is 0 Å². The van der Waals surface area contributed by atoms with E-state index in [4.69, 9.17) is 33.0 Å². The highest BCUT2D eigenvalue weighted by molar-refractivity contribution is 6.51. The molecule has 0 amide bonds. The molecule has 1 aromatic carbocycles. The molecule has 118 valence electrons. The summed E-state index contributed by atoms with van der Waals surface area (Å²) in [6.45, 7) is 0. The van der Waals surface area contributed by atoms with Gasteiger partial charge in [-0.3, -0.25) is 4.99 Å². The quantitative estimate of drug-likeness (QED) is 0.634. The molecule has 0 radical (unpaired) electrons. The maximum absolute atomic E-state index is 12.8. The molecular weight excluding hydrogens is 346 g/mol. The fourth-order valence-corrected chi connectivity index (χ4v) is 1.60. The molecule has 0 spiro atoms. The Morgan fingerprint density at radius 2 is 1.91 bits per heavy atom. The first-order valence-corrected chi connectivity index (χ1v) is 6.93. The predicted octanol–water partition coefficient (Wildman–Crippen LogP) is 4.49. The summed E-state index contributed by atoms with van der Waals surface area (Å²) in [5.41, 5.74) is 0.421. The SMILES string of the molecule is O=C(O)/C(Cl)=C(\Cl)C=Nc1ccc(Oc2ccc(F)cc2)nc1. The van der Waals surface area contributed by atoms with Crippen LogP contribution in [0.5, 0.6) is 11.6 Å². The second kappa shape index (κ2) is 7.71. The maximum atomic E-state index is 12.8. The molecule has 0 atom stereocenters. The van der Waals surface area contributed by atoms with E-state index in [0.29, 0.717) is 17.3 Å². The van der Waals surface area contributed by atoms with Crippen molar-refractivity contribution in [1.29, 1.82) is 0 Å². The van der Waals surface area contributed by atoms with Gasteiger partial charge in [-0.1, -0.05) is 23.2 Å². The Bertz CT molecular complexity index is 759. The monoisotopic (exact) mass is 354 g/mol. The summed E-state index contributed by atoms with van der Waals surface area (Å²) in [6.07, 6.45) is 2.50. The lowest BCUT2D eigenvalue weighted by Crippen LogP contribution is -1.96. The second-order valence-corrected chi connectivity index (χ2v) is 4.92. The van der Waals surface area contributed by atoms with Gasteiger partial charge in [-0.15, -0.1) is 0 Å². The van der Waals surface area contributed by atoms with E-state index in [1.807, 2.05) is 0 Å². The molecule has 1 aromatic heterocycles. The summed E-state index contributed by atoms with van der Waals surface area (Å²) < 4.78 is 18.2. The third-order valence-corrected chi connectivity index (χ3v) is 3.23. The largest absolute Gasteiger partial charge is 0.477 e. The van der Waals surface area contributed by atoms with Crippen molar-refractivity contribution >= 4 is 41.1 Å². The number of carbonyl (C=O) groups is 1. The minimum absolute atomic E-state index is 0.203. The molecule has 2 rings (SSSR count). The van der Waals surface area contributed by atoms with Crippen LogP contribution in [0, 0.1) is 5.82 Å². The van der Waals surface area contributed by atoms with Gasteiger partial charge in [0.2, 0.25) is 5.88 Å². The third kappa shape index (κ3) is 5.05. The molecule has 1 N–H and O–H groups in total. The molecule has 0 saturated carbocycles. The number of aliphatic imine (C=N–C) groups is 1. The zero-order valence-corrected chi connectivity index (χ0v) is 12.9. The predicted molar refractivity (Wildman–Crippen MR) is 85.2 cm³/mol. The number of ether oxygens (including phenoxy) is 1. The minimum Gasteiger partial charge on any atom is -0.477 e. The van der Waals surface area contributed by atoms with Gasteiger partial charge in [0.15, 0.2) is 0 Å². The van der Waals surface area contributed by atoms with Crippen molar-refractivity contribution < 1.29 is 19.0 Å². The standard InChI is InChI=1S/C15H9Cl2FN2O3/c16-12(14(17)15(21)22)8-19-10-3-6-13(20-7-10)23-11-4-1-9(18)2-5-11/h1-8H,(H,21,22)/b14-12+,19-8?. The number of carboxylic acid groups (broad SMARTS) is 1. The molecule has 2 aromatic rings. The normalized spacial score (nSPS) is 12.1. The summed E-state index contributed by atoms with van der Waals surface area (Å²) in [6, 6.07) is 8.62. The lowest BCUT2D eigenvalue weighted by atomic mass is 10.3. The number of carboxylic acids is 1. The first-order chi connectivity index (χ1) is 11.0. The van der Waals surface area contributed by atoms with Gasteiger partial charge in [-0.2, -0.15) is 0 Å². The highest BCUT2D eigenvalue weighted by Crippen LogP contribution is 2.22. The molecule has 0 fully saturated rings. The van der Waals surface area contributed by atoms with E-state index in [1.54, 1.807) is 12.1 Å². The number of aliphatic carboxylic acids is 1.